The first-order chi connectivity index (χ1) is 9.11. The average Bonchev–Trinajstić information content (AvgIpc) is 2.28. The molecule has 0 fully saturated rings. The Morgan fingerprint density at radius 3 is 0.750 bits per heavy atom. The van der Waals surface area contributed by atoms with Gasteiger partial charge < -0.3 is 20.4 Å². The fraction of sp³-hybridized carbons (Fsp3) is 0. The van der Waals surface area contributed by atoms with Crippen LogP contribution in [0.4, 0.5) is 0 Å². The summed E-state index contributed by atoms with van der Waals surface area (Å²) in [7, 11) is 0. The van der Waals surface area contributed by atoms with Crippen LogP contribution in [0.3, 0.4) is 0 Å². The Morgan fingerprint density at radius 1 is 0.500 bits per heavy atom. The van der Waals surface area contributed by atoms with Crippen molar-refractivity contribution in [3.63, 3.8) is 0 Å². The molecule has 0 saturated heterocycles. The first kappa shape index (κ1) is 14.8. The second-order valence-electron chi connectivity index (χ2n) is 3.38. The zero-order valence-electron chi connectivity index (χ0n) is 9.24. The largest absolute Gasteiger partial charge is 0.478 e. The lowest BCUT2D eigenvalue weighted by atomic mass is 9.83. The maximum absolute atomic E-state index is 11.6. The van der Waals surface area contributed by atoms with E-state index in [9.17, 15) is 28.8 Å². The summed E-state index contributed by atoms with van der Waals surface area (Å²) in [4.78, 5) is 66.5. The molecule has 1 aliphatic carbocycles. The summed E-state index contributed by atoms with van der Waals surface area (Å²) in [5.41, 5.74) is -6.37. The number of Topliss-reactive ketones (excluding diaryl/α,β-unsaturated/α-hetero) is 2. The molecule has 0 aromatic rings. The van der Waals surface area contributed by atoms with Gasteiger partial charge in [0, 0.05) is 0 Å². The van der Waals surface area contributed by atoms with Gasteiger partial charge in [-0.1, -0.05) is 0 Å². The van der Waals surface area contributed by atoms with Crippen LogP contribution in [-0.4, -0.2) is 55.9 Å². The van der Waals surface area contributed by atoms with Gasteiger partial charge in [0.25, 0.3) is 0 Å². The van der Waals surface area contributed by atoms with Gasteiger partial charge in [-0.25, -0.2) is 19.2 Å². The van der Waals surface area contributed by atoms with Crippen LogP contribution >= 0.6 is 0 Å². The standard InChI is InChI=1S/C10H4O10/c11-5-1(7(13)14)2(8(15)16)6(12)4(10(19)20)3(5)9(17)18/h(H,13,14)(H,15,16)(H,17,18)(H,19,20). The lowest BCUT2D eigenvalue weighted by Gasteiger charge is -2.15. The third kappa shape index (κ3) is 2.05. The molecule has 10 nitrogen and oxygen atoms in total. The van der Waals surface area contributed by atoms with Crippen LogP contribution in [0.25, 0.3) is 0 Å². The summed E-state index contributed by atoms with van der Waals surface area (Å²) in [6.07, 6.45) is 0. The Hall–Kier alpha value is -3.30. The molecule has 20 heavy (non-hydrogen) atoms. The second-order valence-corrected chi connectivity index (χ2v) is 3.38. The monoisotopic (exact) mass is 284 g/mol. The average molecular weight is 284 g/mol. The van der Waals surface area contributed by atoms with Crippen molar-refractivity contribution < 1.29 is 49.2 Å². The highest BCUT2D eigenvalue weighted by Crippen LogP contribution is 2.26. The summed E-state index contributed by atoms with van der Waals surface area (Å²) in [6, 6.07) is 0. The van der Waals surface area contributed by atoms with E-state index in [0.717, 1.165) is 0 Å². The van der Waals surface area contributed by atoms with Crippen LogP contribution < -0.4 is 0 Å². The second kappa shape index (κ2) is 4.76. The van der Waals surface area contributed by atoms with Crippen molar-refractivity contribution in [1.82, 2.24) is 0 Å². The van der Waals surface area contributed by atoms with Gasteiger partial charge in [-0.2, -0.15) is 0 Å². The van der Waals surface area contributed by atoms with Gasteiger partial charge in [0.15, 0.2) is 0 Å². The van der Waals surface area contributed by atoms with E-state index < -0.39 is 57.7 Å². The Balaban J connectivity index is 3.81. The number of hydrogen-bond acceptors (Lipinski definition) is 6. The van der Waals surface area contributed by atoms with E-state index in [1.54, 1.807) is 0 Å². The molecule has 0 heterocycles. The molecule has 0 spiro atoms. The number of carbonyl (C=O) groups is 6. The Labute approximate surface area is 108 Å². The SMILES string of the molecule is O=C(O)C1=C(C(=O)O)C(=O)C(C(=O)O)=C(C(=O)O)C1=O. The van der Waals surface area contributed by atoms with Crippen molar-refractivity contribution in [2.45, 2.75) is 0 Å². The molecule has 0 saturated carbocycles. The molecule has 0 unspecified atom stereocenters. The summed E-state index contributed by atoms with van der Waals surface area (Å²) in [5.74, 6) is -12.3. The normalized spacial score (nSPS) is 15.4. The van der Waals surface area contributed by atoms with Crippen molar-refractivity contribution >= 4 is 35.4 Å². The third-order valence-electron chi connectivity index (χ3n) is 2.26. The van der Waals surface area contributed by atoms with Crippen LogP contribution in [-0.2, 0) is 28.8 Å². The summed E-state index contributed by atoms with van der Waals surface area (Å²) < 4.78 is 0. The summed E-state index contributed by atoms with van der Waals surface area (Å²) >= 11 is 0. The molecular weight excluding hydrogens is 280 g/mol. The first-order valence-electron chi connectivity index (χ1n) is 4.62. The molecule has 0 atom stereocenters. The third-order valence-corrected chi connectivity index (χ3v) is 2.26. The Kier molecular flexibility index (Phi) is 3.51. The quantitative estimate of drug-likeness (QED) is 0.334. The molecule has 0 aliphatic heterocycles. The van der Waals surface area contributed by atoms with Gasteiger partial charge >= 0.3 is 23.9 Å². The molecule has 0 aromatic heterocycles. The number of ketones is 2. The smallest absolute Gasteiger partial charge is 0.340 e. The van der Waals surface area contributed by atoms with Gasteiger partial charge in [0.05, 0.1) is 0 Å². The molecule has 1 rings (SSSR count). The summed E-state index contributed by atoms with van der Waals surface area (Å²) in [6.45, 7) is 0. The van der Waals surface area contributed by atoms with E-state index in [-0.39, 0.29) is 0 Å². The van der Waals surface area contributed by atoms with Crippen LogP contribution in [0.5, 0.6) is 0 Å². The molecule has 0 amide bonds. The minimum absolute atomic E-state index is 1.59. The van der Waals surface area contributed by atoms with Crippen LogP contribution in [0.1, 0.15) is 0 Å². The van der Waals surface area contributed by atoms with Gasteiger partial charge in [-0.05, 0) is 0 Å². The van der Waals surface area contributed by atoms with Gasteiger partial charge in [0.1, 0.15) is 22.3 Å². The molecule has 0 bridgehead atoms. The van der Waals surface area contributed by atoms with Gasteiger partial charge in [-0.15, -0.1) is 0 Å². The maximum atomic E-state index is 11.6. The van der Waals surface area contributed by atoms with Crippen molar-refractivity contribution in [1.29, 1.82) is 0 Å². The number of carboxylic acids is 4. The fourth-order valence-corrected chi connectivity index (χ4v) is 1.52. The number of rotatable bonds is 4. The zero-order valence-corrected chi connectivity index (χ0v) is 9.24. The van der Waals surface area contributed by atoms with Crippen molar-refractivity contribution in [3.8, 4) is 0 Å². The molecule has 10 heteroatoms. The van der Waals surface area contributed by atoms with Crippen molar-refractivity contribution in [2.24, 2.45) is 0 Å². The van der Waals surface area contributed by atoms with Crippen LogP contribution in [0.15, 0.2) is 22.3 Å². The molecule has 1 aliphatic rings. The minimum atomic E-state index is -2.15. The van der Waals surface area contributed by atoms with E-state index in [2.05, 4.69) is 0 Å². The van der Waals surface area contributed by atoms with E-state index in [1.807, 2.05) is 0 Å². The summed E-state index contributed by atoms with van der Waals surface area (Å²) in [5, 5.41) is 34.9. The van der Waals surface area contributed by atoms with Gasteiger partial charge in [0.2, 0.25) is 11.6 Å². The van der Waals surface area contributed by atoms with Crippen LogP contribution in [0, 0.1) is 0 Å². The molecular formula is C10H4O10. The van der Waals surface area contributed by atoms with E-state index in [4.69, 9.17) is 20.4 Å². The topological polar surface area (TPSA) is 183 Å². The number of carboxylic acid groups (broad SMARTS) is 4. The number of hydrogen-bond donors (Lipinski definition) is 4. The van der Waals surface area contributed by atoms with E-state index in [0.29, 0.717) is 0 Å². The predicted octanol–water partition coefficient (Wildman–Crippen LogP) is -1.93. The molecule has 4 N–H and O–H groups in total. The first-order valence-corrected chi connectivity index (χ1v) is 4.62. The minimum Gasteiger partial charge on any atom is -0.478 e. The predicted molar refractivity (Wildman–Crippen MR) is 54.6 cm³/mol. The number of carbonyl (C=O) groups excluding carboxylic acids is 2. The Bertz CT molecular complexity index is 550. The number of aliphatic carboxylic acids is 4. The van der Waals surface area contributed by atoms with Crippen molar-refractivity contribution in [3.05, 3.63) is 22.3 Å². The van der Waals surface area contributed by atoms with E-state index >= 15 is 0 Å². The molecule has 104 valence electrons. The lowest BCUT2D eigenvalue weighted by molar-refractivity contribution is -0.142. The maximum Gasteiger partial charge on any atom is 0.340 e. The highest BCUT2D eigenvalue weighted by Gasteiger charge is 2.45. The molecule has 0 aromatic carbocycles. The van der Waals surface area contributed by atoms with Crippen LogP contribution in [0.2, 0.25) is 0 Å². The highest BCUT2D eigenvalue weighted by molar-refractivity contribution is 6.49. The Morgan fingerprint density at radius 2 is 0.650 bits per heavy atom. The molecule has 0 radical (unpaired) electrons. The fourth-order valence-electron chi connectivity index (χ4n) is 1.52. The van der Waals surface area contributed by atoms with Crippen molar-refractivity contribution in [2.75, 3.05) is 0 Å². The highest BCUT2D eigenvalue weighted by atomic mass is 16.4. The van der Waals surface area contributed by atoms with Gasteiger partial charge in [-0.3, -0.25) is 9.59 Å². The lowest BCUT2D eigenvalue weighted by Crippen LogP contribution is -2.36. The van der Waals surface area contributed by atoms with E-state index in [1.165, 1.54) is 0 Å². The zero-order chi connectivity index (χ0) is 15.8.